The third kappa shape index (κ3) is 9.47. The summed E-state index contributed by atoms with van der Waals surface area (Å²) in [5, 5.41) is 6.51. The Labute approximate surface area is 197 Å². The molecule has 1 amide bonds. The summed E-state index contributed by atoms with van der Waals surface area (Å²) in [6.07, 6.45) is 0.944. The van der Waals surface area contributed by atoms with Crippen LogP contribution in [0, 0.1) is 5.92 Å². The molecule has 0 aliphatic carbocycles. The zero-order valence-corrected chi connectivity index (χ0v) is 20.6. The Morgan fingerprint density at radius 3 is 2.30 bits per heavy atom. The molecule has 0 aliphatic heterocycles. The molecule has 1 unspecified atom stereocenters. The van der Waals surface area contributed by atoms with Crippen molar-refractivity contribution in [1.82, 2.24) is 15.5 Å². The number of guanidine groups is 1. The molecule has 30 heavy (non-hydrogen) atoms. The molecular weight excluding hydrogens is 491 g/mol. The van der Waals surface area contributed by atoms with Crippen LogP contribution in [0.15, 0.2) is 59.6 Å². The number of carbonyl (C=O) groups is 1. The lowest BCUT2D eigenvalue weighted by molar-refractivity contribution is -0.127. The Morgan fingerprint density at radius 1 is 1.03 bits per heavy atom. The molecule has 7 heteroatoms. The number of benzene rings is 2. The van der Waals surface area contributed by atoms with Crippen LogP contribution in [0.5, 0.6) is 5.75 Å². The Hall–Kier alpha value is -2.29. The van der Waals surface area contributed by atoms with Crippen molar-refractivity contribution in [2.24, 2.45) is 10.9 Å². The molecule has 2 rings (SSSR count). The molecule has 2 N–H and O–H groups in total. The van der Waals surface area contributed by atoms with Crippen molar-refractivity contribution in [3.63, 3.8) is 0 Å². The molecule has 0 radical (unpaired) electrons. The maximum atomic E-state index is 11.9. The number of halogens is 1. The van der Waals surface area contributed by atoms with Crippen LogP contribution in [0.2, 0.25) is 0 Å². The van der Waals surface area contributed by atoms with Gasteiger partial charge in [0.05, 0.1) is 20.2 Å². The predicted octanol–water partition coefficient (Wildman–Crippen LogP) is 3.32. The van der Waals surface area contributed by atoms with Crippen molar-refractivity contribution < 1.29 is 9.53 Å². The average molecular weight is 524 g/mol. The van der Waals surface area contributed by atoms with Crippen molar-refractivity contribution in [3.8, 4) is 5.75 Å². The van der Waals surface area contributed by atoms with Gasteiger partial charge in [0.2, 0.25) is 5.91 Å². The summed E-state index contributed by atoms with van der Waals surface area (Å²) in [5.74, 6) is 1.91. The van der Waals surface area contributed by atoms with Crippen molar-refractivity contribution in [3.05, 3.63) is 65.7 Å². The van der Waals surface area contributed by atoms with Crippen LogP contribution < -0.4 is 15.4 Å². The molecule has 0 aromatic heterocycles. The van der Waals surface area contributed by atoms with Gasteiger partial charge < -0.3 is 20.3 Å². The Bertz CT molecular complexity index is 780. The van der Waals surface area contributed by atoms with E-state index in [0.717, 1.165) is 24.3 Å². The number of hydrogen-bond acceptors (Lipinski definition) is 3. The van der Waals surface area contributed by atoms with E-state index in [1.54, 1.807) is 26.1 Å². The molecule has 2 aromatic carbocycles. The number of ether oxygens (including phenoxy) is 1. The number of hydrogen-bond donors (Lipinski definition) is 2. The second-order valence-corrected chi connectivity index (χ2v) is 7.33. The van der Waals surface area contributed by atoms with E-state index in [1.165, 1.54) is 5.56 Å². The second kappa shape index (κ2) is 13.8. The number of nitrogens with one attached hydrogen (secondary N) is 2. The smallest absolute Gasteiger partial charge is 0.241 e. The van der Waals surface area contributed by atoms with Gasteiger partial charge in [-0.25, -0.2) is 4.99 Å². The fraction of sp³-hybridized carbons (Fsp3) is 0.391. The van der Waals surface area contributed by atoms with Crippen molar-refractivity contribution in [2.75, 3.05) is 34.3 Å². The maximum Gasteiger partial charge on any atom is 0.241 e. The molecule has 0 spiro atoms. The predicted molar refractivity (Wildman–Crippen MR) is 134 cm³/mol. The SMILES string of the molecule is COc1ccc(CC(C)CNC(=NCc2ccccc2)NCC(=O)N(C)C)cc1.I. The highest BCUT2D eigenvalue weighted by Crippen LogP contribution is 2.14. The first-order chi connectivity index (χ1) is 14.0. The molecule has 1 atom stereocenters. The zero-order chi connectivity index (χ0) is 21.1. The topological polar surface area (TPSA) is 66.0 Å². The molecule has 0 fully saturated rings. The van der Waals surface area contributed by atoms with Crippen LogP contribution in [0.1, 0.15) is 18.1 Å². The average Bonchev–Trinajstić information content (AvgIpc) is 2.74. The van der Waals surface area contributed by atoms with Crippen molar-refractivity contribution >= 4 is 35.8 Å². The number of likely N-dealkylation sites (N-methyl/N-ethyl adjacent to an activating group) is 1. The summed E-state index contributed by atoms with van der Waals surface area (Å²) in [6, 6.07) is 18.2. The first-order valence-electron chi connectivity index (χ1n) is 9.87. The van der Waals surface area contributed by atoms with Gasteiger partial charge in [0, 0.05) is 20.6 Å². The number of aliphatic imine (C=N–C) groups is 1. The van der Waals surface area contributed by atoms with Gasteiger partial charge in [-0.05, 0) is 35.6 Å². The van der Waals surface area contributed by atoms with Crippen molar-refractivity contribution in [1.29, 1.82) is 0 Å². The zero-order valence-electron chi connectivity index (χ0n) is 18.2. The summed E-state index contributed by atoms with van der Waals surface area (Å²) < 4.78 is 5.21. The summed E-state index contributed by atoms with van der Waals surface area (Å²) in [7, 11) is 5.16. The van der Waals surface area contributed by atoms with E-state index in [2.05, 4.69) is 34.7 Å². The van der Waals surface area contributed by atoms with Gasteiger partial charge in [-0.15, -0.1) is 24.0 Å². The van der Waals surface area contributed by atoms with Gasteiger partial charge in [-0.1, -0.05) is 49.4 Å². The minimum atomic E-state index is 0. The van der Waals surface area contributed by atoms with Gasteiger partial charge in [0.25, 0.3) is 0 Å². The van der Waals surface area contributed by atoms with Gasteiger partial charge in [0.1, 0.15) is 5.75 Å². The van der Waals surface area contributed by atoms with Crippen molar-refractivity contribution in [2.45, 2.75) is 19.9 Å². The number of amides is 1. The van der Waals surface area contributed by atoms with Crippen LogP contribution in [-0.4, -0.2) is 51.1 Å². The third-order valence-electron chi connectivity index (χ3n) is 4.53. The molecule has 0 aliphatic rings. The lowest BCUT2D eigenvalue weighted by Crippen LogP contribution is -2.44. The van der Waals surface area contributed by atoms with Crippen LogP contribution in [0.4, 0.5) is 0 Å². The van der Waals surface area contributed by atoms with E-state index in [1.807, 2.05) is 42.5 Å². The first-order valence-corrected chi connectivity index (χ1v) is 9.87. The number of carbonyl (C=O) groups excluding carboxylic acids is 1. The highest BCUT2D eigenvalue weighted by Gasteiger charge is 2.09. The summed E-state index contributed by atoms with van der Waals surface area (Å²) in [5.41, 5.74) is 2.39. The molecule has 164 valence electrons. The highest BCUT2D eigenvalue weighted by atomic mass is 127. The molecule has 2 aromatic rings. The van der Waals surface area contributed by atoms with Gasteiger partial charge in [-0.3, -0.25) is 4.79 Å². The summed E-state index contributed by atoms with van der Waals surface area (Å²) in [4.78, 5) is 18.1. The monoisotopic (exact) mass is 524 g/mol. The second-order valence-electron chi connectivity index (χ2n) is 7.33. The van der Waals surface area contributed by atoms with Crippen LogP contribution in [-0.2, 0) is 17.8 Å². The Morgan fingerprint density at radius 2 is 1.70 bits per heavy atom. The normalized spacial score (nSPS) is 11.8. The molecule has 0 saturated heterocycles. The van der Waals surface area contributed by atoms with E-state index >= 15 is 0 Å². The van der Waals surface area contributed by atoms with Gasteiger partial charge in [-0.2, -0.15) is 0 Å². The van der Waals surface area contributed by atoms with Gasteiger partial charge >= 0.3 is 0 Å². The molecular formula is C23H33IN4O2. The number of methoxy groups -OCH3 is 1. The minimum absolute atomic E-state index is 0. The number of rotatable bonds is 9. The quantitative estimate of drug-likeness (QED) is 0.300. The lowest BCUT2D eigenvalue weighted by Gasteiger charge is -2.18. The fourth-order valence-electron chi connectivity index (χ4n) is 2.75. The van der Waals surface area contributed by atoms with E-state index in [0.29, 0.717) is 18.4 Å². The standard InChI is InChI=1S/C23H32N4O2.HI/c1-18(14-19-10-12-21(29-4)13-11-19)15-24-23(26-17-22(28)27(2)3)25-16-20-8-6-5-7-9-20;/h5-13,18H,14-17H2,1-4H3,(H2,24,25,26);1H. The van der Waals surface area contributed by atoms with E-state index < -0.39 is 0 Å². The molecule has 0 saturated carbocycles. The first kappa shape index (κ1) is 25.7. The Kier molecular flexibility index (Phi) is 11.9. The summed E-state index contributed by atoms with van der Waals surface area (Å²) >= 11 is 0. The third-order valence-corrected chi connectivity index (χ3v) is 4.53. The van der Waals surface area contributed by atoms with Gasteiger partial charge in [0.15, 0.2) is 5.96 Å². The molecule has 6 nitrogen and oxygen atoms in total. The van der Waals surface area contributed by atoms with Crippen LogP contribution in [0.25, 0.3) is 0 Å². The minimum Gasteiger partial charge on any atom is -0.497 e. The largest absolute Gasteiger partial charge is 0.497 e. The molecule has 0 heterocycles. The Balaban J connectivity index is 0.00000450. The fourth-order valence-corrected chi connectivity index (χ4v) is 2.75. The lowest BCUT2D eigenvalue weighted by atomic mass is 10.0. The van der Waals surface area contributed by atoms with E-state index in [9.17, 15) is 4.79 Å². The number of nitrogens with zero attached hydrogens (tertiary/aromatic N) is 2. The highest BCUT2D eigenvalue weighted by molar-refractivity contribution is 14.0. The van der Waals surface area contributed by atoms with Crippen LogP contribution >= 0.6 is 24.0 Å². The molecule has 0 bridgehead atoms. The van der Waals surface area contributed by atoms with Crippen LogP contribution in [0.3, 0.4) is 0 Å². The summed E-state index contributed by atoms with van der Waals surface area (Å²) in [6.45, 7) is 3.71. The maximum absolute atomic E-state index is 11.9. The van der Waals surface area contributed by atoms with E-state index in [-0.39, 0.29) is 36.4 Å². The van der Waals surface area contributed by atoms with E-state index in [4.69, 9.17) is 4.74 Å².